The van der Waals surface area contributed by atoms with Crippen molar-refractivity contribution in [1.29, 1.82) is 0 Å². The topological polar surface area (TPSA) is 106 Å². The molecule has 0 atom stereocenters. The third-order valence-corrected chi connectivity index (χ3v) is 4.08. The molecule has 0 aliphatic rings. The number of amides is 1. The summed E-state index contributed by atoms with van der Waals surface area (Å²) >= 11 is 0. The number of hydrogen-bond donors (Lipinski definition) is 2. The second-order valence-corrected chi connectivity index (χ2v) is 7.80. The lowest BCUT2D eigenvalue weighted by molar-refractivity contribution is -0.126. The Morgan fingerprint density at radius 1 is 0.647 bits per heavy atom. The van der Waals surface area contributed by atoms with Crippen molar-refractivity contribution in [1.82, 2.24) is 10.6 Å². The minimum atomic E-state index is -0.146. The van der Waals surface area contributed by atoms with Crippen LogP contribution in [0.1, 0.15) is 33.6 Å². The van der Waals surface area contributed by atoms with Gasteiger partial charge in [0.1, 0.15) is 6.61 Å². The highest BCUT2D eigenvalue weighted by molar-refractivity contribution is 5.77. The fourth-order valence-electron chi connectivity index (χ4n) is 2.42. The second-order valence-electron chi connectivity index (χ2n) is 7.80. The maximum absolute atomic E-state index is 11.7. The highest BCUT2D eigenvalue weighted by atomic mass is 16.6. The maximum Gasteiger partial charge on any atom is 0.246 e. The Hall–Kier alpha value is -1.27. The number of ether oxygens (including phenoxy) is 7. The van der Waals surface area contributed by atoms with Crippen LogP contribution < -0.4 is 10.6 Å². The number of hydrogen-bond acceptors (Lipinski definition) is 9. The summed E-state index contributed by atoms with van der Waals surface area (Å²) in [6.45, 7) is 17.5. The summed E-state index contributed by atoms with van der Waals surface area (Å²) in [5, 5.41) is 5.95. The van der Waals surface area contributed by atoms with Crippen molar-refractivity contribution in [2.24, 2.45) is 0 Å². The van der Waals surface area contributed by atoms with Gasteiger partial charge < -0.3 is 43.8 Å². The zero-order valence-electron chi connectivity index (χ0n) is 21.6. The van der Waals surface area contributed by atoms with Gasteiger partial charge in [-0.15, -0.1) is 0 Å². The Morgan fingerprint density at radius 2 is 1.06 bits per heavy atom. The average Bonchev–Trinajstić information content (AvgIpc) is 2.79. The molecule has 1 amide bonds. The molecule has 0 aromatic carbocycles. The molecule has 34 heavy (non-hydrogen) atoms. The van der Waals surface area contributed by atoms with Crippen molar-refractivity contribution >= 4 is 5.91 Å². The summed E-state index contributed by atoms with van der Waals surface area (Å²) in [7, 11) is 0. The zero-order chi connectivity index (χ0) is 25.1. The van der Waals surface area contributed by atoms with Crippen LogP contribution in [0, 0.1) is 0 Å². The van der Waals surface area contributed by atoms with E-state index >= 15 is 0 Å². The van der Waals surface area contributed by atoms with E-state index in [0.29, 0.717) is 85.8 Å². The molecule has 2 N–H and O–H groups in total. The van der Waals surface area contributed by atoms with E-state index in [1.54, 1.807) is 0 Å². The smallest absolute Gasteiger partial charge is 0.246 e. The van der Waals surface area contributed by atoms with Gasteiger partial charge in [-0.2, -0.15) is 0 Å². The highest BCUT2D eigenvalue weighted by Gasteiger charge is 2.01. The molecule has 0 aliphatic carbocycles. The largest absolute Gasteiger partial charge is 0.389 e. The first-order chi connectivity index (χ1) is 16.5. The molecule has 0 saturated heterocycles. The van der Waals surface area contributed by atoms with E-state index in [1.807, 2.05) is 20.8 Å². The Labute approximate surface area is 205 Å². The van der Waals surface area contributed by atoms with E-state index in [0.717, 1.165) is 25.1 Å². The van der Waals surface area contributed by atoms with Gasteiger partial charge in [-0.3, -0.25) is 4.79 Å². The molecule has 0 fully saturated rings. The molecule has 0 heterocycles. The van der Waals surface area contributed by atoms with Crippen molar-refractivity contribution in [3.63, 3.8) is 0 Å². The van der Waals surface area contributed by atoms with Gasteiger partial charge in [0.05, 0.1) is 72.2 Å². The summed E-state index contributed by atoms with van der Waals surface area (Å²) in [6.07, 6.45) is 1.89. The normalized spacial score (nSPS) is 11.2. The molecule has 0 bridgehead atoms. The van der Waals surface area contributed by atoms with Crippen LogP contribution in [0.5, 0.6) is 0 Å². The summed E-state index contributed by atoms with van der Waals surface area (Å²) in [5.74, 6) is -0.146. The van der Waals surface area contributed by atoms with Gasteiger partial charge in [0, 0.05) is 32.0 Å². The van der Waals surface area contributed by atoms with Crippen LogP contribution in [-0.2, 0) is 38.0 Å². The predicted molar refractivity (Wildman–Crippen MR) is 131 cm³/mol. The lowest BCUT2D eigenvalue weighted by Gasteiger charge is -2.09. The molecular weight excluding hydrogens is 444 g/mol. The number of nitrogens with one attached hydrogen (secondary N) is 2. The van der Waals surface area contributed by atoms with E-state index in [-0.39, 0.29) is 18.6 Å². The Kier molecular flexibility index (Phi) is 25.4. The van der Waals surface area contributed by atoms with E-state index in [2.05, 4.69) is 17.2 Å². The monoisotopic (exact) mass is 492 g/mol. The molecule has 0 aromatic rings. The van der Waals surface area contributed by atoms with Crippen LogP contribution in [0.25, 0.3) is 0 Å². The molecule has 0 spiro atoms. The molecule has 0 unspecified atom stereocenters. The van der Waals surface area contributed by atoms with E-state index in [4.69, 9.17) is 33.2 Å². The van der Waals surface area contributed by atoms with Crippen molar-refractivity contribution < 1.29 is 38.0 Å². The first-order valence-electron chi connectivity index (χ1n) is 12.3. The first-order valence-corrected chi connectivity index (χ1v) is 12.3. The van der Waals surface area contributed by atoms with E-state index < -0.39 is 0 Å². The van der Waals surface area contributed by atoms with Crippen LogP contribution in [0.3, 0.4) is 0 Å². The van der Waals surface area contributed by atoms with E-state index in [1.165, 1.54) is 0 Å². The van der Waals surface area contributed by atoms with Gasteiger partial charge in [-0.25, -0.2) is 0 Å². The Balaban J connectivity index is 3.17. The van der Waals surface area contributed by atoms with Gasteiger partial charge in [-0.05, 0) is 33.6 Å². The summed E-state index contributed by atoms with van der Waals surface area (Å²) < 4.78 is 37.8. The van der Waals surface area contributed by atoms with Gasteiger partial charge >= 0.3 is 0 Å². The molecule has 0 saturated carbocycles. The van der Waals surface area contributed by atoms with E-state index in [9.17, 15) is 4.79 Å². The van der Waals surface area contributed by atoms with Gasteiger partial charge in [0.2, 0.25) is 5.91 Å². The lowest BCUT2D eigenvalue weighted by atomic mass is 10.4. The SMILES string of the molecule is C=C(C)NCCCOCCOCCOCCCNC(=O)COCCOCCOCCOC(C)C. The number of carbonyl (C=O) groups is 1. The lowest BCUT2D eigenvalue weighted by Crippen LogP contribution is -2.29. The van der Waals surface area contributed by atoms with Gasteiger partial charge in [0.15, 0.2) is 0 Å². The standard InChI is InChI=1S/C24H48N2O8/c1-22(2)25-7-5-9-28-11-13-30-14-12-29-10-6-8-26-24(27)21-33-18-17-31-15-16-32-19-20-34-23(3)4/h23,25H,1,5-21H2,2-4H3,(H,26,27). The molecule has 202 valence electrons. The van der Waals surface area contributed by atoms with Gasteiger partial charge in [0.25, 0.3) is 0 Å². The summed E-state index contributed by atoms with van der Waals surface area (Å²) in [5.41, 5.74) is 0.971. The molecular formula is C24H48N2O8. The summed E-state index contributed by atoms with van der Waals surface area (Å²) in [4.78, 5) is 11.7. The van der Waals surface area contributed by atoms with Crippen LogP contribution in [0.15, 0.2) is 12.3 Å². The quantitative estimate of drug-likeness (QED) is 0.165. The second kappa shape index (κ2) is 26.3. The molecule has 0 radical (unpaired) electrons. The number of carbonyl (C=O) groups excluding carboxylic acids is 1. The Morgan fingerprint density at radius 3 is 1.53 bits per heavy atom. The van der Waals surface area contributed by atoms with Crippen molar-refractivity contribution in [3.05, 3.63) is 12.3 Å². The van der Waals surface area contributed by atoms with Crippen molar-refractivity contribution in [2.75, 3.05) is 99.0 Å². The zero-order valence-corrected chi connectivity index (χ0v) is 21.6. The highest BCUT2D eigenvalue weighted by Crippen LogP contribution is 1.89. The fraction of sp³-hybridized carbons (Fsp3) is 0.875. The molecule has 0 aromatic heterocycles. The maximum atomic E-state index is 11.7. The minimum Gasteiger partial charge on any atom is -0.389 e. The van der Waals surface area contributed by atoms with Gasteiger partial charge in [-0.1, -0.05) is 6.58 Å². The third-order valence-electron chi connectivity index (χ3n) is 4.08. The minimum absolute atomic E-state index is 0.0214. The van der Waals surface area contributed by atoms with Crippen LogP contribution in [-0.4, -0.2) is 111 Å². The summed E-state index contributed by atoms with van der Waals surface area (Å²) in [6, 6.07) is 0. The van der Waals surface area contributed by atoms with Crippen LogP contribution >= 0.6 is 0 Å². The van der Waals surface area contributed by atoms with Crippen LogP contribution in [0.4, 0.5) is 0 Å². The number of rotatable bonds is 27. The molecule has 10 nitrogen and oxygen atoms in total. The number of allylic oxidation sites excluding steroid dienone is 1. The molecule has 10 heteroatoms. The van der Waals surface area contributed by atoms with Crippen molar-refractivity contribution in [2.45, 2.75) is 39.7 Å². The fourth-order valence-corrected chi connectivity index (χ4v) is 2.42. The average molecular weight is 493 g/mol. The van der Waals surface area contributed by atoms with Crippen LogP contribution in [0.2, 0.25) is 0 Å². The first kappa shape index (κ1) is 32.7. The molecule has 0 rings (SSSR count). The Bertz CT molecular complexity index is 466. The van der Waals surface area contributed by atoms with Crippen molar-refractivity contribution in [3.8, 4) is 0 Å². The molecule has 0 aliphatic heterocycles. The predicted octanol–water partition coefficient (Wildman–Crippen LogP) is 1.53. The third kappa shape index (κ3) is 28.8.